The van der Waals surface area contributed by atoms with Gasteiger partial charge >= 0.3 is 12.7 Å². The number of fused-ring (bicyclic) bond motifs is 4. The summed E-state index contributed by atoms with van der Waals surface area (Å²) in [4.78, 5) is 29.2. The maximum absolute atomic E-state index is 12.7. The molecular formula is C26H18ClF2N5O5S. The third-order valence-electron chi connectivity index (χ3n) is 5.79. The summed E-state index contributed by atoms with van der Waals surface area (Å²) in [5.74, 6) is 1.52. The van der Waals surface area contributed by atoms with E-state index in [1.54, 1.807) is 31.2 Å². The van der Waals surface area contributed by atoms with Gasteiger partial charge in [-0.2, -0.15) is 8.78 Å². The number of ether oxygens (including phenoxy) is 4. The first-order chi connectivity index (χ1) is 19.3. The number of nitrogens with one attached hydrogen (secondary N) is 1. The third-order valence-corrected chi connectivity index (χ3v) is 7.11. The van der Waals surface area contributed by atoms with Crippen LogP contribution in [0.25, 0.3) is 31.7 Å². The molecule has 14 heteroatoms. The van der Waals surface area contributed by atoms with Crippen molar-refractivity contribution in [1.29, 1.82) is 0 Å². The number of thiazole rings is 1. The fourth-order valence-electron chi connectivity index (χ4n) is 4.07. The van der Waals surface area contributed by atoms with Crippen molar-refractivity contribution >= 4 is 55.8 Å². The van der Waals surface area contributed by atoms with Gasteiger partial charge < -0.3 is 18.9 Å². The number of benzene rings is 2. The average Bonchev–Trinajstić information content (AvgIpc) is 3.37. The van der Waals surface area contributed by atoms with Crippen LogP contribution in [0.3, 0.4) is 0 Å². The first-order valence-electron chi connectivity index (χ1n) is 11.8. The molecule has 204 valence electrons. The molecule has 10 nitrogen and oxygen atoms in total. The molecule has 6 rings (SSSR count). The number of nitrogens with zero attached hydrogens (tertiary/aromatic N) is 4. The Morgan fingerprint density at radius 2 is 2.02 bits per heavy atom. The standard InChI is InChI=1S/C26H18ClF2N5O5S/c1-12-30-7-15(8-31-12)33-26(35)37-11-17-10-36-22-20(38-17)3-2-19-23(22)40-24(34-19)18-6-14(27)4-13-5-16(39-25(28)29)9-32-21(13)18/h2-9,17,25H,10-11H2,1H3,(H,33,35)/t17-/m1/s1. The van der Waals surface area contributed by atoms with E-state index >= 15 is 0 Å². The number of carbonyl (C=O) groups excluding carboxylic acids is 1. The molecule has 0 saturated heterocycles. The molecule has 0 fully saturated rings. The Balaban J connectivity index is 1.20. The molecule has 40 heavy (non-hydrogen) atoms. The molecule has 2 aromatic carbocycles. The number of hydrogen-bond acceptors (Lipinski definition) is 10. The van der Waals surface area contributed by atoms with E-state index < -0.39 is 18.8 Å². The predicted molar refractivity (Wildman–Crippen MR) is 144 cm³/mol. The minimum atomic E-state index is -2.97. The van der Waals surface area contributed by atoms with E-state index in [4.69, 9.17) is 30.8 Å². The summed E-state index contributed by atoms with van der Waals surface area (Å²) in [5.41, 5.74) is 2.25. The summed E-state index contributed by atoms with van der Waals surface area (Å²) in [6.07, 6.45) is 3.00. The molecule has 0 unspecified atom stereocenters. The van der Waals surface area contributed by atoms with Crippen molar-refractivity contribution in [2.45, 2.75) is 19.6 Å². The Morgan fingerprint density at radius 3 is 2.83 bits per heavy atom. The molecular weight excluding hydrogens is 568 g/mol. The molecule has 1 aliphatic heterocycles. The molecule has 0 spiro atoms. The van der Waals surface area contributed by atoms with Crippen LogP contribution in [0, 0.1) is 6.92 Å². The maximum atomic E-state index is 12.7. The van der Waals surface area contributed by atoms with Gasteiger partial charge in [0.05, 0.1) is 35.3 Å². The quantitative estimate of drug-likeness (QED) is 0.246. The number of anilines is 1. The first-order valence-corrected chi connectivity index (χ1v) is 13.0. The Morgan fingerprint density at radius 1 is 1.20 bits per heavy atom. The third kappa shape index (κ3) is 5.38. The second-order valence-corrected chi connectivity index (χ2v) is 10.1. The SMILES string of the molecule is Cc1ncc(NC(=O)OC[C@H]2COc3c(ccc4nc(-c5cc(Cl)cc6cc(OC(F)F)cnc56)sc34)O2)cn1. The van der Waals surface area contributed by atoms with Crippen LogP contribution in [-0.2, 0) is 4.74 Å². The van der Waals surface area contributed by atoms with E-state index in [0.29, 0.717) is 55.0 Å². The smallest absolute Gasteiger partial charge is 0.411 e. The summed E-state index contributed by atoms with van der Waals surface area (Å²) in [6.45, 7) is -1.12. The van der Waals surface area contributed by atoms with Crippen molar-refractivity contribution in [3.63, 3.8) is 0 Å². The van der Waals surface area contributed by atoms with Gasteiger partial charge in [-0.15, -0.1) is 11.3 Å². The van der Waals surface area contributed by atoms with Crippen LogP contribution >= 0.6 is 22.9 Å². The summed E-state index contributed by atoms with van der Waals surface area (Å²) in [5, 5.41) is 4.08. The molecule has 0 bridgehead atoms. The van der Waals surface area contributed by atoms with E-state index in [1.807, 2.05) is 0 Å². The van der Waals surface area contributed by atoms with Gasteiger partial charge in [-0.1, -0.05) is 11.6 Å². The number of amides is 1. The van der Waals surface area contributed by atoms with Crippen molar-refractivity contribution in [2.75, 3.05) is 18.5 Å². The minimum absolute atomic E-state index is 0.0403. The molecule has 1 N–H and O–H groups in total. The topological polar surface area (TPSA) is 118 Å². The Bertz CT molecular complexity index is 1740. The number of rotatable bonds is 6. The summed E-state index contributed by atoms with van der Waals surface area (Å²) >= 11 is 7.69. The highest BCUT2D eigenvalue weighted by molar-refractivity contribution is 7.22. The lowest BCUT2D eigenvalue weighted by atomic mass is 10.1. The van der Waals surface area contributed by atoms with Crippen molar-refractivity contribution in [1.82, 2.24) is 19.9 Å². The number of carbonyl (C=O) groups is 1. The van der Waals surface area contributed by atoms with Gasteiger partial charge in [0.25, 0.3) is 0 Å². The summed E-state index contributed by atoms with van der Waals surface area (Å²) in [6, 6.07) is 8.31. The summed E-state index contributed by atoms with van der Waals surface area (Å²) < 4.78 is 47.8. The fraction of sp³-hybridized carbons (Fsp3) is 0.192. The maximum Gasteiger partial charge on any atom is 0.411 e. The lowest BCUT2D eigenvalue weighted by molar-refractivity contribution is -0.0499. The molecule has 0 aliphatic carbocycles. The molecule has 1 amide bonds. The predicted octanol–water partition coefficient (Wildman–Crippen LogP) is 6.25. The van der Waals surface area contributed by atoms with Crippen LogP contribution in [0.2, 0.25) is 5.02 Å². The van der Waals surface area contributed by atoms with Gasteiger partial charge in [-0.3, -0.25) is 10.3 Å². The highest BCUT2D eigenvalue weighted by Crippen LogP contribution is 2.45. The zero-order valence-corrected chi connectivity index (χ0v) is 22.1. The van der Waals surface area contributed by atoms with Crippen molar-refractivity contribution in [3.8, 4) is 27.8 Å². The Labute approximate surface area is 233 Å². The molecule has 1 aliphatic rings. The van der Waals surface area contributed by atoms with Crippen molar-refractivity contribution in [2.24, 2.45) is 0 Å². The normalized spacial score (nSPS) is 14.5. The van der Waals surface area contributed by atoms with Crippen molar-refractivity contribution < 1.29 is 32.5 Å². The monoisotopic (exact) mass is 585 g/mol. The highest BCUT2D eigenvalue weighted by atomic mass is 35.5. The van der Waals surface area contributed by atoms with E-state index in [9.17, 15) is 13.6 Å². The lowest BCUT2D eigenvalue weighted by Gasteiger charge is -2.26. The minimum Gasteiger partial charge on any atom is -0.484 e. The number of aromatic nitrogens is 4. The zero-order chi connectivity index (χ0) is 27.8. The van der Waals surface area contributed by atoms with Gasteiger partial charge in [0.1, 0.15) is 34.5 Å². The van der Waals surface area contributed by atoms with Crippen LogP contribution in [0.1, 0.15) is 5.82 Å². The highest BCUT2D eigenvalue weighted by Gasteiger charge is 2.26. The number of hydrogen-bond donors (Lipinski definition) is 1. The number of halogens is 3. The second-order valence-electron chi connectivity index (χ2n) is 8.63. The number of alkyl halides is 2. The van der Waals surface area contributed by atoms with E-state index in [-0.39, 0.29) is 19.0 Å². The summed E-state index contributed by atoms with van der Waals surface area (Å²) in [7, 11) is 0. The van der Waals surface area contributed by atoms with Crippen LogP contribution in [0.4, 0.5) is 19.3 Å². The van der Waals surface area contributed by atoms with Gasteiger partial charge in [-0.05, 0) is 37.3 Å². The molecule has 3 aromatic heterocycles. The Hall–Kier alpha value is -4.36. The van der Waals surface area contributed by atoms with Crippen LogP contribution in [-0.4, -0.2) is 52.0 Å². The second kappa shape index (κ2) is 10.7. The average molecular weight is 586 g/mol. The van der Waals surface area contributed by atoms with E-state index in [0.717, 1.165) is 4.70 Å². The van der Waals surface area contributed by atoms with Crippen molar-refractivity contribution in [3.05, 3.63) is 59.8 Å². The number of pyridine rings is 1. The van der Waals surface area contributed by atoms with Gasteiger partial charge in [0.2, 0.25) is 0 Å². The number of aryl methyl sites for hydroxylation is 1. The van der Waals surface area contributed by atoms with Gasteiger partial charge in [-0.25, -0.2) is 19.7 Å². The first kappa shape index (κ1) is 25.9. The largest absolute Gasteiger partial charge is 0.484 e. The van der Waals surface area contributed by atoms with Crippen LogP contribution < -0.4 is 19.5 Å². The van der Waals surface area contributed by atoms with E-state index in [2.05, 4.69) is 25.0 Å². The van der Waals surface area contributed by atoms with Gasteiger partial charge in [0.15, 0.2) is 17.6 Å². The fourth-order valence-corrected chi connectivity index (χ4v) is 5.37. The molecule has 1 atom stereocenters. The van der Waals surface area contributed by atoms with Gasteiger partial charge in [0, 0.05) is 16.0 Å². The van der Waals surface area contributed by atoms with Crippen LogP contribution in [0.5, 0.6) is 17.2 Å². The molecule has 0 saturated carbocycles. The molecule has 4 heterocycles. The molecule has 5 aromatic rings. The van der Waals surface area contributed by atoms with Crippen LogP contribution in [0.15, 0.2) is 48.9 Å². The van der Waals surface area contributed by atoms with E-state index in [1.165, 1.54) is 36.0 Å². The Kier molecular flexibility index (Phi) is 6.90. The zero-order valence-electron chi connectivity index (χ0n) is 20.6. The molecule has 0 radical (unpaired) electrons. The lowest BCUT2D eigenvalue weighted by Crippen LogP contribution is -2.35.